The Morgan fingerprint density at radius 2 is 2.50 bits per heavy atom. The molecule has 2 radical (unpaired) electrons. The summed E-state index contributed by atoms with van der Waals surface area (Å²) in [6, 6.07) is -0.276. The fourth-order valence-corrected chi connectivity index (χ4v) is 1.16. The number of rotatable bonds is 2. The molecule has 0 bridgehead atoms. The van der Waals surface area contributed by atoms with Gasteiger partial charge in [0, 0.05) is 13.1 Å². The summed E-state index contributed by atoms with van der Waals surface area (Å²) < 4.78 is 10.1. The molecule has 0 amide bonds. The zero-order valence-corrected chi connectivity index (χ0v) is 5.99. The lowest BCUT2D eigenvalue weighted by molar-refractivity contribution is -0.0205. The summed E-state index contributed by atoms with van der Waals surface area (Å²) in [5.41, 5.74) is 0. The Bertz CT molecular complexity index is 97.2. The van der Waals surface area contributed by atoms with Gasteiger partial charge in [-0.2, -0.15) is 0 Å². The van der Waals surface area contributed by atoms with Crippen LogP contribution >= 0.6 is 0 Å². The smallest absolute Gasteiger partial charge is 0.109 e. The average molecular weight is 142 g/mol. The maximum atomic E-state index is 8.72. The van der Waals surface area contributed by atoms with E-state index in [9.17, 15) is 0 Å². The Labute approximate surface area is 61.7 Å². The molecule has 56 valence electrons. The van der Waals surface area contributed by atoms with Gasteiger partial charge in [-0.3, -0.25) is 0 Å². The third-order valence-electron chi connectivity index (χ3n) is 1.71. The predicted octanol–water partition coefficient (Wildman–Crippen LogP) is -0.723. The zero-order valence-electron chi connectivity index (χ0n) is 5.99. The van der Waals surface area contributed by atoms with E-state index in [0.29, 0.717) is 6.42 Å². The van der Waals surface area contributed by atoms with Crippen molar-refractivity contribution in [1.82, 2.24) is 0 Å². The van der Waals surface area contributed by atoms with Gasteiger partial charge in [0.2, 0.25) is 0 Å². The third kappa shape index (κ3) is 1.51. The molecular formula is C6H11BO3. The van der Waals surface area contributed by atoms with Crippen LogP contribution in [0.4, 0.5) is 0 Å². The van der Waals surface area contributed by atoms with Crippen molar-refractivity contribution in [2.24, 2.45) is 0 Å². The monoisotopic (exact) mass is 142 g/mol. The Morgan fingerprint density at radius 3 is 2.90 bits per heavy atom. The van der Waals surface area contributed by atoms with Crippen molar-refractivity contribution in [3.05, 3.63) is 0 Å². The lowest BCUT2D eigenvalue weighted by Gasteiger charge is -2.13. The molecule has 1 fully saturated rings. The van der Waals surface area contributed by atoms with Crippen LogP contribution in [-0.2, 0) is 9.47 Å². The molecule has 1 N–H and O–H groups in total. The van der Waals surface area contributed by atoms with Crippen LogP contribution in [0.15, 0.2) is 0 Å². The number of aliphatic hydroxyl groups excluding tert-OH is 1. The second-order valence-electron chi connectivity index (χ2n) is 2.41. The Hall–Kier alpha value is -0.0551. The van der Waals surface area contributed by atoms with E-state index in [-0.39, 0.29) is 24.8 Å². The molecule has 0 aromatic carbocycles. The van der Waals surface area contributed by atoms with Crippen molar-refractivity contribution in [3.63, 3.8) is 0 Å². The van der Waals surface area contributed by atoms with Gasteiger partial charge in [0.25, 0.3) is 0 Å². The van der Waals surface area contributed by atoms with Gasteiger partial charge >= 0.3 is 0 Å². The molecule has 1 rings (SSSR count). The third-order valence-corrected chi connectivity index (χ3v) is 1.71. The molecule has 10 heavy (non-hydrogen) atoms. The standard InChI is InChI=1S/C6H11BO3/c1-9-4-2-6(7)10-5(4)3-8/h4-6,8H,2-3H2,1H3/t4?,5-,6-/m1/s1. The van der Waals surface area contributed by atoms with E-state index in [1.165, 1.54) is 0 Å². The van der Waals surface area contributed by atoms with Crippen molar-refractivity contribution in [2.45, 2.75) is 24.6 Å². The first-order valence-corrected chi connectivity index (χ1v) is 3.32. The first kappa shape index (κ1) is 8.05. The quantitative estimate of drug-likeness (QED) is 0.517. The molecule has 0 aromatic rings. The lowest BCUT2D eigenvalue weighted by atomic mass is 9.96. The molecule has 1 unspecified atom stereocenters. The minimum absolute atomic E-state index is 0.0216. The molecule has 3 atom stereocenters. The molecule has 0 aromatic heterocycles. The maximum absolute atomic E-state index is 8.72. The molecule has 0 spiro atoms. The fraction of sp³-hybridized carbons (Fsp3) is 1.00. The molecule has 0 saturated carbocycles. The van der Waals surface area contributed by atoms with Gasteiger partial charge in [0.1, 0.15) is 14.0 Å². The normalized spacial score (nSPS) is 40.4. The molecule has 1 saturated heterocycles. The highest BCUT2D eigenvalue weighted by Gasteiger charge is 2.31. The molecule has 1 aliphatic rings. The highest BCUT2D eigenvalue weighted by atomic mass is 16.6. The summed E-state index contributed by atoms with van der Waals surface area (Å²) in [5.74, 6) is 0. The molecular weight excluding hydrogens is 131 g/mol. The van der Waals surface area contributed by atoms with Crippen LogP contribution in [0.5, 0.6) is 0 Å². The van der Waals surface area contributed by atoms with E-state index in [1.807, 2.05) is 0 Å². The summed E-state index contributed by atoms with van der Waals surface area (Å²) in [5, 5.41) is 8.72. The average Bonchev–Trinajstić information content (AvgIpc) is 2.30. The number of hydrogen-bond donors (Lipinski definition) is 1. The molecule has 4 heteroatoms. The predicted molar refractivity (Wildman–Crippen MR) is 36.9 cm³/mol. The highest BCUT2D eigenvalue weighted by molar-refractivity contribution is 6.11. The minimum atomic E-state index is -0.276. The SMILES string of the molecule is [B][C@H]1CC(OC)[C@@H](CO)O1. The van der Waals surface area contributed by atoms with Gasteiger partial charge in [-0.15, -0.1) is 0 Å². The first-order chi connectivity index (χ1) is 4.77. The van der Waals surface area contributed by atoms with Crippen molar-refractivity contribution >= 4 is 7.85 Å². The van der Waals surface area contributed by atoms with Gasteiger partial charge in [-0.05, 0) is 6.42 Å². The largest absolute Gasteiger partial charge is 0.394 e. The summed E-state index contributed by atoms with van der Waals surface area (Å²) in [6.07, 6.45) is 0.391. The fourth-order valence-electron chi connectivity index (χ4n) is 1.16. The first-order valence-electron chi connectivity index (χ1n) is 3.32. The van der Waals surface area contributed by atoms with E-state index in [0.717, 1.165) is 0 Å². The molecule has 0 aliphatic carbocycles. The number of aliphatic hydroxyl groups is 1. The summed E-state index contributed by atoms with van der Waals surface area (Å²) in [4.78, 5) is 0. The lowest BCUT2D eigenvalue weighted by Crippen LogP contribution is -2.26. The van der Waals surface area contributed by atoms with Crippen molar-refractivity contribution in [1.29, 1.82) is 0 Å². The minimum Gasteiger partial charge on any atom is -0.394 e. The zero-order chi connectivity index (χ0) is 7.56. The van der Waals surface area contributed by atoms with Gasteiger partial charge in [0.15, 0.2) is 0 Å². The topological polar surface area (TPSA) is 38.7 Å². The number of ether oxygens (including phenoxy) is 2. The molecule has 1 heterocycles. The van der Waals surface area contributed by atoms with Crippen LogP contribution in [0.1, 0.15) is 6.42 Å². The van der Waals surface area contributed by atoms with Gasteiger partial charge in [-0.25, -0.2) is 0 Å². The summed E-state index contributed by atoms with van der Waals surface area (Å²) in [6.45, 7) is -0.0216. The van der Waals surface area contributed by atoms with E-state index in [1.54, 1.807) is 7.11 Å². The number of methoxy groups -OCH3 is 1. The van der Waals surface area contributed by atoms with E-state index < -0.39 is 0 Å². The Kier molecular flexibility index (Phi) is 2.71. The highest BCUT2D eigenvalue weighted by Crippen LogP contribution is 2.19. The van der Waals surface area contributed by atoms with Gasteiger partial charge in [-0.1, -0.05) is 0 Å². The van der Waals surface area contributed by atoms with Crippen LogP contribution in [0.3, 0.4) is 0 Å². The molecule has 1 aliphatic heterocycles. The van der Waals surface area contributed by atoms with Crippen molar-refractivity contribution < 1.29 is 14.6 Å². The van der Waals surface area contributed by atoms with Crippen molar-refractivity contribution in [2.75, 3.05) is 13.7 Å². The van der Waals surface area contributed by atoms with E-state index in [4.69, 9.17) is 22.4 Å². The van der Waals surface area contributed by atoms with Crippen molar-refractivity contribution in [3.8, 4) is 0 Å². The maximum Gasteiger partial charge on any atom is 0.109 e. The van der Waals surface area contributed by atoms with Gasteiger partial charge < -0.3 is 14.6 Å². The van der Waals surface area contributed by atoms with Crippen LogP contribution in [0, 0.1) is 0 Å². The second-order valence-corrected chi connectivity index (χ2v) is 2.41. The van der Waals surface area contributed by atoms with Crippen LogP contribution in [-0.4, -0.2) is 44.9 Å². The van der Waals surface area contributed by atoms with E-state index in [2.05, 4.69) is 0 Å². The molecule has 3 nitrogen and oxygen atoms in total. The number of hydrogen-bond acceptors (Lipinski definition) is 3. The van der Waals surface area contributed by atoms with E-state index >= 15 is 0 Å². The van der Waals surface area contributed by atoms with Gasteiger partial charge in [0.05, 0.1) is 12.7 Å². The summed E-state index contributed by atoms with van der Waals surface area (Å²) in [7, 11) is 7.05. The van der Waals surface area contributed by atoms with Crippen LogP contribution in [0.2, 0.25) is 0 Å². The van der Waals surface area contributed by atoms with Crippen LogP contribution in [0.25, 0.3) is 0 Å². The Morgan fingerprint density at radius 1 is 1.80 bits per heavy atom. The Balaban J connectivity index is 2.41. The summed E-state index contributed by atoms with van der Waals surface area (Å²) >= 11 is 0. The van der Waals surface area contributed by atoms with Crippen LogP contribution < -0.4 is 0 Å². The second kappa shape index (κ2) is 3.37.